The molecule has 0 amide bonds. The monoisotopic (exact) mass is 254 g/mol. The fraction of sp³-hybridized carbons (Fsp3) is 0.846. The van der Waals surface area contributed by atoms with Gasteiger partial charge < -0.3 is 4.53 Å². The summed E-state index contributed by atoms with van der Waals surface area (Å²) in [6.45, 7) is 10.6. The Balaban J connectivity index is 4.18. The highest BCUT2D eigenvalue weighted by Gasteiger charge is 2.16. The Kier molecular flexibility index (Phi) is 7.89. The lowest BCUT2D eigenvalue weighted by Gasteiger charge is -2.15. The van der Waals surface area contributed by atoms with Gasteiger partial charge in [0.15, 0.2) is 0 Å². The molecule has 0 aliphatic rings. The summed E-state index contributed by atoms with van der Waals surface area (Å²) < 4.78 is 5.55. The average Bonchev–Trinajstić information content (AvgIpc) is 2.26. The fourth-order valence-electron chi connectivity index (χ4n) is 1.45. The van der Waals surface area contributed by atoms with Gasteiger partial charge in [-0.1, -0.05) is 20.3 Å². The van der Waals surface area contributed by atoms with E-state index in [9.17, 15) is 0 Å². The van der Waals surface area contributed by atoms with E-state index >= 15 is 0 Å². The maximum absolute atomic E-state index is 8.99. The van der Waals surface area contributed by atoms with E-state index in [0.29, 0.717) is 0 Å². The minimum atomic E-state index is -1.57. The van der Waals surface area contributed by atoms with Crippen molar-refractivity contribution in [2.24, 2.45) is 11.1 Å². The van der Waals surface area contributed by atoms with Gasteiger partial charge in [-0.25, -0.2) is 0 Å². The molecule has 0 fully saturated rings. The third-order valence-corrected chi connectivity index (χ3v) is 3.10. The predicted octanol–water partition coefficient (Wildman–Crippen LogP) is 4.32. The van der Waals surface area contributed by atoms with Crippen LogP contribution in [0.15, 0.2) is 5.16 Å². The van der Waals surface area contributed by atoms with Crippen molar-refractivity contribution in [1.82, 2.24) is 0 Å². The van der Waals surface area contributed by atoms with E-state index in [4.69, 9.17) is 9.79 Å². The van der Waals surface area contributed by atoms with Crippen LogP contribution < -0.4 is 0 Å². The third kappa shape index (κ3) is 8.93. The molecule has 0 saturated heterocycles. The molecule has 3 nitrogen and oxygen atoms in total. The molecule has 0 spiro atoms. The molecule has 0 rings (SSSR count). The lowest BCUT2D eigenvalue weighted by molar-refractivity contribution is 0.332. The number of oxime groups is 1. The first kappa shape index (κ1) is 16.2. The Bertz CT molecular complexity index is 276. The molecular weight excluding hydrogens is 228 g/mol. The number of hydrogen-bond donors (Lipinski definition) is 0. The molecule has 0 N–H and O–H groups in total. The SMILES string of the molecule is CCCC(C#N)CC/C(CC)=N/O[Si](C)(C)C. The lowest BCUT2D eigenvalue weighted by Crippen LogP contribution is -2.23. The quantitative estimate of drug-likeness (QED) is 0.368. The maximum atomic E-state index is 8.99. The number of nitrogens with zero attached hydrogens (tertiary/aromatic N) is 2. The van der Waals surface area contributed by atoms with Gasteiger partial charge in [0, 0.05) is 5.92 Å². The third-order valence-electron chi connectivity index (χ3n) is 2.46. The largest absolute Gasteiger partial charge is 0.456 e. The summed E-state index contributed by atoms with van der Waals surface area (Å²) in [6.07, 6.45) is 4.77. The molecule has 1 atom stereocenters. The zero-order valence-corrected chi connectivity index (χ0v) is 12.9. The first-order valence-corrected chi connectivity index (χ1v) is 9.97. The Hall–Kier alpha value is -0.823. The highest BCUT2D eigenvalue weighted by atomic mass is 28.4. The van der Waals surface area contributed by atoms with E-state index in [-0.39, 0.29) is 5.92 Å². The lowest BCUT2D eigenvalue weighted by atomic mass is 9.97. The van der Waals surface area contributed by atoms with Crippen LogP contribution in [0.4, 0.5) is 0 Å². The van der Waals surface area contributed by atoms with Crippen LogP contribution in [-0.4, -0.2) is 14.0 Å². The highest BCUT2D eigenvalue weighted by Crippen LogP contribution is 2.14. The second kappa shape index (κ2) is 8.29. The van der Waals surface area contributed by atoms with E-state index < -0.39 is 8.32 Å². The van der Waals surface area contributed by atoms with E-state index in [2.05, 4.69) is 44.7 Å². The Morgan fingerprint density at radius 1 is 1.29 bits per heavy atom. The Morgan fingerprint density at radius 3 is 2.35 bits per heavy atom. The summed E-state index contributed by atoms with van der Waals surface area (Å²) in [5, 5.41) is 13.2. The summed E-state index contributed by atoms with van der Waals surface area (Å²) >= 11 is 0. The molecule has 1 unspecified atom stereocenters. The highest BCUT2D eigenvalue weighted by molar-refractivity contribution is 6.69. The summed E-state index contributed by atoms with van der Waals surface area (Å²) in [6, 6.07) is 2.37. The molecule has 0 heterocycles. The normalized spacial score (nSPS) is 14.2. The van der Waals surface area contributed by atoms with Crippen LogP contribution in [0.1, 0.15) is 46.0 Å². The Morgan fingerprint density at radius 2 is 1.94 bits per heavy atom. The molecule has 0 radical (unpaired) electrons. The van der Waals surface area contributed by atoms with Crippen LogP contribution >= 0.6 is 0 Å². The first-order valence-electron chi connectivity index (χ1n) is 6.56. The van der Waals surface area contributed by atoms with E-state index in [1.54, 1.807) is 0 Å². The average molecular weight is 254 g/mol. The zero-order valence-electron chi connectivity index (χ0n) is 11.9. The summed E-state index contributed by atoms with van der Waals surface area (Å²) in [5.74, 6) is 0.170. The van der Waals surface area contributed by atoms with E-state index in [0.717, 1.165) is 37.8 Å². The second-order valence-electron chi connectivity index (χ2n) is 5.37. The predicted molar refractivity (Wildman–Crippen MR) is 75.4 cm³/mol. The maximum Gasteiger partial charge on any atom is 0.278 e. The molecule has 0 aromatic carbocycles. The molecule has 0 aromatic heterocycles. The van der Waals surface area contributed by atoms with Crippen LogP contribution in [0.25, 0.3) is 0 Å². The van der Waals surface area contributed by atoms with Crippen molar-refractivity contribution >= 4 is 14.0 Å². The van der Waals surface area contributed by atoms with Gasteiger partial charge in [0.1, 0.15) is 0 Å². The van der Waals surface area contributed by atoms with Crippen molar-refractivity contribution in [2.45, 2.75) is 65.6 Å². The topological polar surface area (TPSA) is 45.4 Å². The van der Waals surface area contributed by atoms with Crippen molar-refractivity contribution in [2.75, 3.05) is 0 Å². The minimum absolute atomic E-state index is 0.170. The summed E-state index contributed by atoms with van der Waals surface area (Å²) in [7, 11) is -1.57. The summed E-state index contributed by atoms with van der Waals surface area (Å²) in [4.78, 5) is 0. The molecule has 0 aliphatic heterocycles. The van der Waals surface area contributed by atoms with Gasteiger partial charge in [0.05, 0.1) is 11.8 Å². The summed E-state index contributed by atoms with van der Waals surface area (Å²) in [5.41, 5.74) is 1.09. The molecule has 0 bridgehead atoms. The number of rotatable bonds is 8. The zero-order chi connectivity index (χ0) is 13.3. The van der Waals surface area contributed by atoms with Crippen molar-refractivity contribution in [3.63, 3.8) is 0 Å². The number of hydrogen-bond acceptors (Lipinski definition) is 3. The van der Waals surface area contributed by atoms with Gasteiger partial charge in [-0.2, -0.15) is 5.26 Å². The van der Waals surface area contributed by atoms with Crippen LogP contribution in [0.2, 0.25) is 19.6 Å². The van der Waals surface area contributed by atoms with Gasteiger partial charge >= 0.3 is 0 Å². The van der Waals surface area contributed by atoms with Gasteiger partial charge in [0.25, 0.3) is 8.32 Å². The van der Waals surface area contributed by atoms with Crippen molar-refractivity contribution in [1.29, 1.82) is 5.26 Å². The van der Waals surface area contributed by atoms with Crippen molar-refractivity contribution in [3.8, 4) is 6.07 Å². The van der Waals surface area contributed by atoms with Gasteiger partial charge in [0.2, 0.25) is 0 Å². The van der Waals surface area contributed by atoms with Crippen molar-refractivity contribution in [3.05, 3.63) is 0 Å². The van der Waals surface area contributed by atoms with Crippen LogP contribution in [0.3, 0.4) is 0 Å². The number of nitriles is 1. The molecule has 0 aliphatic carbocycles. The van der Waals surface area contributed by atoms with Crippen LogP contribution in [-0.2, 0) is 4.53 Å². The molecule has 0 aromatic rings. The first-order chi connectivity index (χ1) is 7.92. The molecule has 4 heteroatoms. The fourth-order valence-corrected chi connectivity index (χ4v) is 1.85. The van der Waals surface area contributed by atoms with Crippen molar-refractivity contribution < 1.29 is 4.53 Å². The standard InChI is InChI=1S/C13H26N2OSi/c1-6-8-12(11-14)9-10-13(7-2)15-16-17(3,4)5/h12H,6-10H2,1-5H3/b15-13+. The van der Waals surface area contributed by atoms with Gasteiger partial charge in [-0.3, -0.25) is 0 Å². The Labute approximate surface area is 107 Å². The molecule has 98 valence electrons. The molecular formula is C13H26N2OSi. The van der Waals surface area contributed by atoms with E-state index in [1.807, 2.05) is 0 Å². The van der Waals surface area contributed by atoms with E-state index in [1.165, 1.54) is 0 Å². The van der Waals surface area contributed by atoms with Gasteiger partial charge in [-0.05, 0) is 45.3 Å². The molecule has 0 saturated carbocycles. The van der Waals surface area contributed by atoms with Gasteiger partial charge in [-0.15, -0.1) is 5.16 Å². The smallest absolute Gasteiger partial charge is 0.278 e. The van der Waals surface area contributed by atoms with Crippen LogP contribution in [0, 0.1) is 17.2 Å². The molecule has 17 heavy (non-hydrogen) atoms. The minimum Gasteiger partial charge on any atom is -0.456 e. The van der Waals surface area contributed by atoms with Crippen LogP contribution in [0.5, 0.6) is 0 Å². The second-order valence-corrected chi connectivity index (χ2v) is 9.78.